The summed E-state index contributed by atoms with van der Waals surface area (Å²) in [4.78, 5) is 18.2. The Morgan fingerprint density at radius 2 is 1.67 bits per heavy atom. The third-order valence-corrected chi connectivity index (χ3v) is 8.52. The maximum Gasteiger partial charge on any atom is 0.416 e. The zero-order valence-electron chi connectivity index (χ0n) is 26.4. The van der Waals surface area contributed by atoms with Gasteiger partial charge in [-0.1, -0.05) is 62.4 Å². The molecule has 0 radical (unpaired) electrons. The lowest BCUT2D eigenvalue weighted by atomic mass is 9.99. The van der Waals surface area contributed by atoms with Gasteiger partial charge in [-0.2, -0.15) is 13.2 Å². The Morgan fingerprint density at radius 3 is 2.28 bits per heavy atom. The highest BCUT2D eigenvalue weighted by atomic mass is 32.2. The smallest absolute Gasteiger partial charge is 0.416 e. The fraction of sp³-hybridized carbons (Fsp3) is 0.353. The molecule has 0 saturated carbocycles. The minimum absolute atomic E-state index is 0.0450. The second kappa shape index (κ2) is 14.2. The first-order valence-electron chi connectivity index (χ1n) is 15.0. The number of anilines is 1. The number of para-hydroxylation sites is 1. The van der Waals surface area contributed by atoms with E-state index in [0.29, 0.717) is 47.6 Å². The number of rotatable bonds is 11. The second-order valence-corrected chi connectivity index (χ2v) is 12.7. The van der Waals surface area contributed by atoms with Gasteiger partial charge in [-0.05, 0) is 62.9 Å². The number of halogens is 4. The summed E-state index contributed by atoms with van der Waals surface area (Å²) >= 11 is -2.59. The molecule has 4 aromatic rings. The van der Waals surface area contributed by atoms with Crippen molar-refractivity contribution in [3.8, 4) is 11.1 Å². The summed E-state index contributed by atoms with van der Waals surface area (Å²) in [6.07, 6.45) is -2.99. The van der Waals surface area contributed by atoms with Gasteiger partial charge in [0.15, 0.2) is 0 Å². The van der Waals surface area contributed by atoms with Crippen molar-refractivity contribution >= 4 is 22.9 Å². The highest BCUT2D eigenvalue weighted by Gasteiger charge is 2.33. The van der Waals surface area contributed by atoms with E-state index < -0.39 is 40.3 Å². The standard InChI is InChI=1S/C34H38F4N4O3S/c1-6-12-30-40-28(7-2)31(32(43)39-20-23-13-8-10-15-26(23)34(36,37)38)41(30)21-24-18-17-22(19-27(24)35)25-14-9-11-16-29(25)42(46(44)45)33(3,4)5/h8-11,13-19H,6-7,12,20-21H2,1-5H3,(H,39,43)(H,44,45)/p-1. The molecule has 1 unspecified atom stereocenters. The van der Waals surface area contributed by atoms with Crippen molar-refractivity contribution in [2.24, 2.45) is 0 Å². The van der Waals surface area contributed by atoms with Crippen molar-refractivity contribution in [3.63, 3.8) is 0 Å². The topological polar surface area (TPSA) is 90.3 Å². The average Bonchev–Trinajstić information content (AvgIpc) is 3.33. The van der Waals surface area contributed by atoms with E-state index in [-0.39, 0.29) is 29.9 Å². The van der Waals surface area contributed by atoms with Gasteiger partial charge in [0, 0.05) is 40.9 Å². The number of aromatic nitrogens is 2. The van der Waals surface area contributed by atoms with Crippen LogP contribution in [0, 0.1) is 5.82 Å². The third-order valence-electron chi connectivity index (χ3n) is 7.48. The zero-order valence-corrected chi connectivity index (χ0v) is 27.2. The maximum absolute atomic E-state index is 15.8. The minimum Gasteiger partial charge on any atom is -0.755 e. The van der Waals surface area contributed by atoms with Gasteiger partial charge in [-0.3, -0.25) is 13.3 Å². The molecular weight excluding hydrogens is 620 g/mol. The first-order chi connectivity index (χ1) is 21.7. The number of aryl methyl sites for hydroxylation is 2. The van der Waals surface area contributed by atoms with Gasteiger partial charge in [0.2, 0.25) is 0 Å². The molecule has 0 fully saturated rings. The molecule has 1 atom stereocenters. The van der Waals surface area contributed by atoms with Gasteiger partial charge in [-0.25, -0.2) is 9.37 Å². The highest BCUT2D eigenvalue weighted by molar-refractivity contribution is 7.80. The van der Waals surface area contributed by atoms with Gasteiger partial charge < -0.3 is 14.4 Å². The van der Waals surface area contributed by atoms with Crippen LogP contribution in [0.5, 0.6) is 0 Å². The Balaban J connectivity index is 1.70. The average molecular weight is 658 g/mol. The van der Waals surface area contributed by atoms with Gasteiger partial charge in [0.1, 0.15) is 17.3 Å². The Hall–Kier alpha value is -4.03. The van der Waals surface area contributed by atoms with Crippen molar-refractivity contribution < 1.29 is 31.1 Å². The van der Waals surface area contributed by atoms with E-state index >= 15 is 4.39 Å². The summed E-state index contributed by atoms with van der Waals surface area (Å²) in [5, 5.41) is 2.62. The van der Waals surface area contributed by atoms with Crippen LogP contribution < -0.4 is 9.62 Å². The predicted molar refractivity (Wildman–Crippen MR) is 170 cm³/mol. The van der Waals surface area contributed by atoms with Crippen LogP contribution in [0.3, 0.4) is 0 Å². The number of alkyl halides is 3. The number of nitrogens with one attached hydrogen (secondary N) is 1. The van der Waals surface area contributed by atoms with E-state index in [1.54, 1.807) is 61.7 Å². The van der Waals surface area contributed by atoms with Gasteiger partial charge in [0.05, 0.1) is 23.5 Å². The molecule has 0 spiro atoms. The van der Waals surface area contributed by atoms with Gasteiger partial charge >= 0.3 is 6.18 Å². The second-order valence-electron chi connectivity index (χ2n) is 11.9. The lowest BCUT2D eigenvalue weighted by Crippen LogP contribution is -2.42. The lowest BCUT2D eigenvalue weighted by Gasteiger charge is -2.39. The number of carbonyl (C=O) groups is 1. The van der Waals surface area contributed by atoms with Gasteiger partial charge in [-0.15, -0.1) is 0 Å². The molecule has 1 amide bonds. The molecule has 1 N–H and O–H groups in total. The molecular formula is C34H37F4N4O3S-. The normalized spacial score (nSPS) is 12.7. The number of carbonyl (C=O) groups excluding carboxylic acids is 1. The van der Waals surface area contributed by atoms with Crippen molar-refractivity contribution in [1.29, 1.82) is 0 Å². The van der Waals surface area contributed by atoms with Crippen LogP contribution in [0.4, 0.5) is 23.2 Å². The molecule has 1 aromatic heterocycles. The number of hydrogen-bond donors (Lipinski definition) is 1. The van der Waals surface area contributed by atoms with Crippen LogP contribution in [0.1, 0.15) is 79.7 Å². The lowest BCUT2D eigenvalue weighted by molar-refractivity contribution is -0.138. The molecule has 246 valence electrons. The Bertz CT molecular complexity index is 1730. The molecule has 0 aliphatic heterocycles. The van der Waals surface area contributed by atoms with Crippen molar-refractivity contribution in [2.75, 3.05) is 4.31 Å². The summed E-state index contributed by atoms with van der Waals surface area (Å²) in [5.74, 6) is -0.618. The number of hydrogen-bond acceptors (Lipinski definition) is 4. The summed E-state index contributed by atoms with van der Waals surface area (Å²) in [5.41, 5.74) is 0.591. The molecule has 3 aromatic carbocycles. The number of nitrogens with zero attached hydrogens (tertiary/aromatic N) is 3. The van der Waals surface area contributed by atoms with Crippen LogP contribution in [-0.4, -0.2) is 29.8 Å². The van der Waals surface area contributed by atoms with Crippen LogP contribution in [0.2, 0.25) is 0 Å². The van der Waals surface area contributed by atoms with E-state index in [9.17, 15) is 26.7 Å². The van der Waals surface area contributed by atoms with Crippen LogP contribution in [0.15, 0.2) is 66.7 Å². The van der Waals surface area contributed by atoms with Crippen molar-refractivity contribution in [3.05, 3.63) is 106 Å². The molecule has 0 bridgehead atoms. The van der Waals surface area contributed by atoms with E-state index in [2.05, 4.69) is 10.3 Å². The van der Waals surface area contributed by atoms with Gasteiger partial charge in [0.25, 0.3) is 5.91 Å². The van der Waals surface area contributed by atoms with Crippen LogP contribution in [-0.2, 0) is 43.4 Å². The summed E-state index contributed by atoms with van der Waals surface area (Å²) in [6.45, 7) is 8.65. The first kappa shape index (κ1) is 34.8. The molecule has 0 saturated heterocycles. The molecule has 46 heavy (non-hydrogen) atoms. The van der Waals surface area contributed by atoms with E-state index in [1.807, 2.05) is 13.8 Å². The van der Waals surface area contributed by atoms with Crippen molar-refractivity contribution in [1.82, 2.24) is 14.9 Å². The minimum atomic E-state index is -4.58. The van der Waals surface area contributed by atoms with Crippen LogP contribution in [0.25, 0.3) is 11.1 Å². The highest BCUT2D eigenvalue weighted by Crippen LogP contribution is 2.36. The van der Waals surface area contributed by atoms with Crippen molar-refractivity contribution in [2.45, 2.75) is 78.7 Å². The quantitative estimate of drug-likeness (QED) is 0.133. The fourth-order valence-electron chi connectivity index (χ4n) is 5.42. The Morgan fingerprint density at radius 1 is 1.00 bits per heavy atom. The Kier molecular flexibility index (Phi) is 10.7. The van der Waals surface area contributed by atoms with E-state index in [1.165, 1.54) is 28.6 Å². The Labute approximate surface area is 269 Å². The number of benzene rings is 3. The van der Waals surface area contributed by atoms with Crippen LogP contribution >= 0.6 is 0 Å². The molecule has 1 heterocycles. The summed E-state index contributed by atoms with van der Waals surface area (Å²) in [6, 6.07) is 16.5. The number of amides is 1. The monoisotopic (exact) mass is 657 g/mol. The SMILES string of the molecule is CCCc1nc(CC)c(C(=O)NCc2ccccc2C(F)(F)F)n1Cc1ccc(-c2ccccc2N(S(=O)[O-])C(C)(C)C)cc1F. The van der Waals surface area contributed by atoms with E-state index in [0.717, 1.165) is 6.07 Å². The molecule has 0 aliphatic carbocycles. The number of imidazole rings is 1. The molecule has 7 nitrogen and oxygen atoms in total. The summed E-state index contributed by atoms with van der Waals surface area (Å²) in [7, 11) is 0. The third kappa shape index (κ3) is 7.67. The molecule has 12 heteroatoms. The zero-order chi connectivity index (χ0) is 33.8. The first-order valence-corrected chi connectivity index (χ1v) is 16.0. The van der Waals surface area contributed by atoms with E-state index in [4.69, 9.17) is 0 Å². The molecule has 4 rings (SSSR count). The predicted octanol–water partition coefficient (Wildman–Crippen LogP) is 7.60. The summed E-state index contributed by atoms with van der Waals surface area (Å²) < 4.78 is 83.7. The fourth-order valence-corrected chi connectivity index (χ4v) is 6.19. The maximum atomic E-state index is 15.8. The largest absolute Gasteiger partial charge is 0.755 e. The molecule has 0 aliphatic rings.